The van der Waals surface area contributed by atoms with Gasteiger partial charge in [-0.05, 0) is 30.9 Å². The van der Waals surface area contributed by atoms with Crippen LogP contribution >= 0.6 is 24.0 Å². The first-order valence-electron chi connectivity index (χ1n) is 8.77. The van der Waals surface area contributed by atoms with Gasteiger partial charge in [-0.25, -0.2) is 12.7 Å². The number of guanidine groups is 1. The molecule has 0 heterocycles. The molecule has 1 rings (SSSR count). The van der Waals surface area contributed by atoms with E-state index in [0.717, 1.165) is 25.3 Å². The zero-order chi connectivity index (χ0) is 18.9. The van der Waals surface area contributed by atoms with E-state index in [9.17, 15) is 8.42 Å². The van der Waals surface area contributed by atoms with E-state index in [0.29, 0.717) is 13.1 Å². The summed E-state index contributed by atoms with van der Waals surface area (Å²) in [7, 11) is 2.28. The third-order valence-corrected chi connectivity index (χ3v) is 6.06. The van der Waals surface area contributed by atoms with E-state index >= 15 is 0 Å². The van der Waals surface area contributed by atoms with Crippen molar-refractivity contribution in [2.24, 2.45) is 4.99 Å². The number of nitrogens with one attached hydrogen (secondary N) is 1. The SMILES string of the molecule is CCc1ccc(CN(C)C(=NC)NCCCN(C)S(=O)(=O)CC)cc1.I. The molecule has 0 saturated carbocycles. The van der Waals surface area contributed by atoms with Gasteiger partial charge in [0.05, 0.1) is 5.75 Å². The van der Waals surface area contributed by atoms with Crippen LogP contribution in [0.15, 0.2) is 29.3 Å². The Morgan fingerprint density at radius 3 is 2.19 bits per heavy atom. The summed E-state index contributed by atoms with van der Waals surface area (Å²) in [6, 6.07) is 8.60. The van der Waals surface area contributed by atoms with Gasteiger partial charge in [0.25, 0.3) is 0 Å². The lowest BCUT2D eigenvalue weighted by atomic mass is 10.1. The molecular weight excluding hydrogens is 463 g/mol. The number of halogens is 1. The second-order valence-corrected chi connectivity index (χ2v) is 8.44. The average Bonchev–Trinajstić information content (AvgIpc) is 2.61. The molecule has 8 heteroatoms. The fourth-order valence-corrected chi connectivity index (χ4v) is 3.32. The summed E-state index contributed by atoms with van der Waals surface area (Å²) in [5.74, 6) is 0.943. The molecule has 0 aromatic heterocycles. The van der Waals surface area contributed by atoms with Crippen LogP contribution in [-0.4, -0.2) is 63.6 Å². The number of aryl methyl sites for hydroxylation is 1. The monoisotopic (exact) mass is 496 g/mol. The van der Waals surface area contributed by atoms with E-state index in [1.165, 1.54) is 15.4 Å². The Hall–Kier alpha value is -0.870. The maximum atomic E-state index is 11.7. The van der Waals surface area contributed by atoms with Crippen molar-refractivity contribution in [1.82, 2.24) is 14.5 Å². The molecule has 150 valence electrons. The Bertz CT molecular complexity index is 648. The lowest BCUT2D eigenvalue weighted by molar-refractivity contribution is 0.450. The van der Waals surface area contributed by atoms with Crippen LogP contribution in [0.3, 0.4) is 0 Å². The molecular formula is C18H33IN4O2S. The highest BCUT2D eigenvalue weighted by Gasteiger charge is 2.14. The fraction of sp³-hybridized carbons (Fsp3) is 0.611. The number of sulfonamides is 1. The Kier molecular flexibility index (Phi) is 12.1. The normalized spacial score (nSPS) is 12.0. The predicted octanol–water partition coefficient (Wildman–Crippen LogP) is 2.55. The molecule has 0 saturated heterocycles. The van der Waals surface area contributed by atoms with E-state index in [1.807, 2.05) is 7.05 Å². The molecule has 6 nitrogen and oxygen atoms in total. The lowest BCUT2D eigenvalue weighted by Crippen LogP contribution is -2.40. The smallest absolute Gasteiger partial charge is 0.213 e. The summed E-state index contributed by atoms with van der Waals surface area (Å²) < 4.78 is 24.8. The summed E-state index contributed by atoms with van der Waals surface area (Å²) in [4.78, 5) is 6.36. The maximum absolute atomic E-state index is 11.7. The topological polar surface area (TPSA) is 65.0 Å². The third-order valence-electron chi connectivity index (χ3n) is 4.20. The summed E-state index contributed by atoms with van der Waals surface area (Å²) >= 11 is 0. The van der Waals surface area contributed by atoms with E-state index in [-0.39, 0.29) is 29.7 Å². The van der Waals surface area contributed by atoms with Crippen LogP contribution in [0.2, 0.25) is 0 Å². The highest BCUT2D eigenvalue weighted by Crippen LogP contribution is 2.07. The molecule has 0 unspecified atom stereocenters. The summed E-state index contributed by atoms with van der Waals surface area (Å²) in [6.45, 7) is 5.76. The Morgan fingerprint density at radius 1 is 1.12 bits per heavy atom. The zero-order valence-electron chi connectivity index (χ0n) is 16.5. The predicted molar refractivity (Wildman–Crippen MR) is 121 cm³/mol. The molecule has 26 heavy (non-hydrogen) atoms. The minimum absolute atomic E-state index is 0. The van der Waals surface area contributed by atoms with Crippen LogP contribution < -0.4 is 5.32 Å². The van der Waals surface area contributed by atoms with Crippen molar-refractivity contribution >= 4 is 40.0 Å². The highest BCUT2D eigenvalue weighted by atomic mass is 127. The summed E-state index contributed by atoms with van der Waals surface area (Å²) in [5, 5.41) is 3.29. The first-order valence-corrected chi connectivity index (χ1v) is 10.4. The number of hydrogen-bond donors (Lipinski definition) is 1. The Balaban J connectivity index is 0.00000625. The van der Waals surface area contributed by atoms with Crippen molar-refractivity contribution in [3.63, 3.8) is 0 Å². The van der Waals surface area contributed by atoms with Crippen LogP contribution in [-0.2, 0) is 23.0 Å². The molecule has 0 radical (unpaired) electrons. The maximum Gasteiger partial charge on any atom is 0.213 e. The van der Waals surface area contributed by atoms with Crippen LogP contribution in [0.4, 0.5) is 0 Å². The average molecular weight is 496 g/mol. The molecule has 0 aliphatic heterocycles. The van der Waals surface area contributed by atoms with E-state index < -0.39 is 10.0 Å². The number of benzene rings is 1. The molecule has 0 fully saturated rings. The molecule has 0 spiro atoms. The van der Waals surface area contributed by atoms with Gasteiger partial charge in [-0.1, -0.05) is 31.2 Å². The summed E-state index contributed by atoms with van der Waals surface area (Å²) in [6.07, 6.45) is 1.77. The van der Waals surface area contributed by atoms with Gasteiger partial charge >= 0.3 is 0 Å². The van der Waals surface area contributed by atoms with Gasteiger partial charge < -0.3 is 10.2 Å². The lowest BCUT2D eigenvalue weighted by Gasteiger charge is -2.23. The van der Waals surface area contributed by atoms with Crippen LogP contribution in [0, 0.1) is 0 Å². The first-order chi connectivity index (χ1) is 11.8. The van der Waals surface area contributed by atoms with Crippen molar-refractivity contribution in [3.8, 4) is 0 Å². The van der Waals surface area contributed by atoms with Crippen LogP contribution in [0.5, 0.6) is 0 Å². The van der Waals surface area contributed by atoms with Crippen molar-refractivity contribution in [2.45, 2.75) is 33.2 Å². The standard InChI is InChI=1S/C18H32N4O2S.HI/c1-6-16-9-11-17(12-10-16)15-21(4)18(19-3)20-13-8-14-22(5)25(23,24)7-2;/h9-12H,6-8,13-15H2,1-5H3,(H,19,20);1H. The fourth-order valence-electron chi connectivity index (χ4n) is 2.48. The van der Waals surface area contributed by atoms with Crippen molar-refractivity contribution < 1.29 is 8.42 Å². The van der Waals surface area contributed by atoms with Crippen molar-refractivity contribution in [1.29, 1.82) is 0 Å². The summed E-state index contributed by atoms with van der Waals surface area (Å²) in [5.41, 5.74) is 2.57. The van der Waals surface area contributed by atoms with Gasteiger partial charge in [-0.15, -0.1) is 24.0 Å². The van der Waals surface area contributed by atoms with Crippen molar-refractivity contribution in [2.75, 3.05) is 40.0 Å². The molecule has 0 amide bonds. The quantitative estimate of drug-likeness (QED) is 0.247. The van der Waals surface area contributed by atoms with Gasteiger partial charge in [0.1, 0.15) is 0 Å². The largest absolute Gasteiger partial charge is 0.356 e. The molecule has 0 aliphatic rings. The van der Waals surface area contributed by atoms with Gasteiger partial charge in [-0.2, -0.15) is 0 Å². The molecule has 0 atom stereocenters. The van der Waals surface area contributed by atoms with E-state index in [1.54, 1.807) is 21.0 Å². The van der Waals surface area contributed by atoms with E-state index in [4.69, 9.17) is 0 Å². The number of hydrogen-bond acceptors (Lipinski definition) is 3. The Labute approximate surface area is 176 Å². The second-order valence-electron chi connectivity index (χ2n) is 6.08. The van der Waals surface area contributed by atoms with Gasteiger partial charge in [-0.3, -0.25) is 4.99 Å². The van der Waals surface area contributed by atoms with Gasteiger partial charge in [0, 0.05) is 40.8 Å². The molecule has 1 N–H and O–H groups in total. The molecule has 0 bridgehead atoms. The minimum Gasteiger partial charge on any atom is -0.356 e. The van der Waals surface area contributed by atoms with E-state index in [2.05, 4.69) is 46.4 Å². The Morgan fingerprint density at radius 2 is 1.69 bits per heavy atom. The number of rotatable bonds is 9. The molecule has 1 aromatic carbocycles. The zero-order valence-corrected chi connectivity index (χ0v) is 19.7. The van der Waals surface area contributed by atoms with Gasteiger partial charge in [0.2, 0.25) is 10.0 Å². The van der Waals surface area contributed by atoms with Crippen molar-refractivity contribution in [3.05, 3.63) is 35.4 Å². The highest BCUT2D eigenvalue weighted by molar-refractivity contribution is 14.0. The number of aliphatic imine (C=N–C) groups is 1. The minimum atomic E-state index is -3.10. The third kappa shape index (κ3) is 8.22. The number of nitrogens with zero attached hydrogens (tertiary/aromatic N) is 3. The molecule has 0 aliphatic carbocycles. The second kappa shape index (κ2) is 12.5. The van der Waals surface area contributed by atoms with Gasteiger partial charge in [0.15, 0.2) is 5.96 Å². The first kappa shape index (κ1) is 25.1. The van der Waals surface area contributed by atoms with Crippen LogP contribution in [0.25, 0.3) is 0 Å². The van der Waals surface area contributed by atoms with Crippen LogP contribution in [0.1, 0.15) is 31.4 Å². The molecule has 1 aromatic rings.